The predicted molar refractivity (Wildman–Crippen MR) is 81.2 cm³/mol. The highest BCUT2D eigenvalue weighted by Crippen LogP contribution is 2.62. The second-order valence-corrected chi connectivity index (χ2v) is 6.49. The highest BCUT2D eigenvalue weighted by atomic mass is 19.4. The molecule has 20 heteroatoms. The molecule has 0 bridgehead atoms. The highest BCUT2D eigenvalue weighted by molar-refractivity contribution is 5.84. The standard InChI is InChI=1S/C14H7F15N2O.C2H4O2/c15-8(16,7(32)30-6-31-4-2-1-3-5-31)9(17,18)10(19,20)11(21,22)12(23,24)13(25,26)14(27,28)29;1-2(3)4/h1-5H,6H2;1H3,(H,3,4). The number of carbonyl (C=O) groups is 2. The van der Waals surface area contributed by atoms with Gasteiger partial charge in [0.15, 0.2) is 12.4 Å². The summed E-state index contributed by atoms with van der Waals surface area (Å²) in [5, 5.41) is 9.75. The lowest BCUT2D eigenvalue weighted by Crippen LogP contribution is -2.74. The second kappa shape index (κ2) is 10.2. The molecule has 1 heterocycles. The van der Waals surface area contributed by atoms with E-state index in [9.17, 15) is 70.7 Å². The van der Waals surface area contributed by atoms with Gasteiger partial charge in [-0.05, 0) is 6.92 Å². The number of hydrogen-bond donors (Lipinski definition) is 1. The minimum atomic E-state index is -8.43. The summed E-state index contributed by atoms with van der Waals surface area (Å²) < 4.78 is 196. The SMILES string of the molecule is CC(=O)[O-].O=C(NC[n+]1ccccc1)C(F)(F)C(F)(F)C(F)(F)C(F)(F)C(F)(F)C(F)(F)C(F)(F)F. The molecule has 0 atom stereocenters. The molecule has 0 aromatic carbocycles. The van der Waals surface area contributed by atoms with Crippen LogP contribution in [0.3, 0.4) is 0 Å². The Hall–Kier alpha value is -2.96. The van der Waals surface area contributed by atoms with Crippen LogP contribution in [0.5, 0.6) is 0 Å². The van der Waals surface area contributed by atoms with Crippen molar-refractivity contribution in [2.24, 2.45) is 0 Å². The Kier molecular flexibility index (Phi) is 9.35. The summed E-state index contributed by atoms with van der Waals surface area (Å²) >= 11 is 0. The minimum Gasteiger partial charge on any atom is -0.550 e. The van der Waals surface area contributed by atoms with Crippen molar-refractivity contribution >= 4 is 11.9 Å². The lowest BCUT2D eigenvalue weighted by atomic mass is 9.91. The van der Waals surface area contributed by atoms with Gasteiger partial charge in [0.25, 0.3) is 0 Å². The van der Waals surface area contributed by atoms with Crippen molar-refractivity contribution < 1.29 is 85.1 Å². The molecule has 1 N–H and O–H groups in total. The number of aliphatic carboxylic acids is 1. The zero-order chi connectivity index (χ0) is 29.2. The van der Waals surface area contributed by atoms with Crippen molar-refractivity contribution in [2.75, 3.05) is 0 Å². The maximum Gasteiger partial charge on any atom is 0.460 e. The summed E-state index contributed by atoms with van der Waals surface area (Å²) in [6.07, 6.45) is -5.71. The van der Waals surface area contributed by atoms with E-state index < -0.39 is 60.3 Å². The smallest absolute Gasteiger partial charge is 0.460 e. The average molecular weight is 564 g/mol. The van der Waals surface area contributed by atoms with Crippen LogP contribution in [-0.4, -0.2) is 53.6 Å². The van der Waals surface area contributed by atoms with E-state index in [1.165, 1.54) is 18.2 Å². The molecule has 0 spiro atoms. The topological polar surface area (TPSA) is 73.1 Å². The molecule has 0 saturated carbocycles. The summed E-state index contributed by atoms with van der Waals surface area (Å²) in [5.74, 6) is -52.5. The van der Waals surface area contributed by atoms with Crippen LogP contribution in [0, 0.1) is 0 Å². The maximum atomic E-state index is 13.6. The van der Waals surface area contributed by atoms with Crippen LogP contribution in [0.1, 0.15) is 6.92 Å². The minimum absolute atomic E-state index is 0.733. The molecule has 1 aromatic heterocycles. The van der Waals surface area contributed by atoms with Crippen molar-refractivity contribution in [1.82, 2.24) is 5.32 Å². The summed E-state index contributed by atoms with van der Waals surface area (Å²) in [7, 11) is 0. The van der Waals surface area contributed by atoms with Gasteiger partial charge in [-0.3, -0.25) is 10.1 Å². The van der Waals surface area contributed by atoms with Crippen molar-refractivity contribution in [3.63, 3.8) is 0 Å². The molecule has 0 aliphatic heterocycles. The van der Waals surface area contributed by atoms with Gasteiger partial charge >= 0.3 is 47.6 Å². The van der Waals surface area contributed by atoms with Crippen LogP contribution in [0.4, 0.5) is 65.9 Å². The van der Waals surface area contributed by atoms with Crippen LogP contribution in [0.2, 0.25) is 0 Å². The van der Waals surface area contributed by atoms with E-state index in [1.807, 2.05) is 0 Å². The number of amides is 1. The van der Waals surface area contributed by atoms with Crippen LogP contribution in [0.15, 0.2) is 30.6 Å². The number of nitrogens with one attached hydrogen (secondary N) is 1. The molecule has 5 nitrogen and oxygen atoms in total. The van der Waals surface area contributed by atoms with Crippen molar-refractivity contribution in [1.29, 1.82) is 0 Å². The summed E-state index contributed by atoms with van der Waals surface area (Å²) in [4.78, 5) is 20.1. The Balaban J connectivity index is 0.00000283. The van der Waals surface area contributed by atoms with Gasteiger partial charge in [-0.15, -0.1) is 0 Å². The lowest BCUT2D eigenvalue weighted by molar-refractivity contribution is -0.700. The molecule has 0 saturated heterocycles. The van der Waals surface area contributed by atoms with Crippen molar-refractivity contribution in [3.8, 4) is 0 Å². The van der Waals surface area contributed by atoms with E-state index >= 15 is 0 Å². The number of aromatic nitrogens is 1. The molecule has 1 amide bonds. The summed E-state index contributed by atoms with van der Waals surface area (Å²) in [6, 6.07) is 3.67. The number of alkyl halides is 15. The lowest BCUT2D eigenvalue weighted by Gasteiger charge is -2.41. The first-order chi connectivity index (χ1) is 15.7. The van der Waals surface area contributed by atoms with Gasteiger partial charge in [-0.1, -0.05) is 6.07 Å². The van der Waals surface area contributed by atoms with Gasteiger partial charge in [0.05, 0.1) is 0 Å². The molecule has 36 heavy (non-hydrogen) atoms. The monoisotopic (exact) mass is 564 g/mol. The maximum absolute atomic E-state index is 13.6. The third-order valence-corrected chi connectivity index (χ3v) is 3.81. The molecule has 0 aliphatic rings. The van der Waals surface area contributed by atoms with E-state index in [1.54, 1.807) is 0 Å². The Morgan fingerprint density at radius 2 is 1.00 bits per heavy atom. The van der Waals surface area contributed by atoms with Gasteiger partial charge in [-0.25, -0.2) is 0 Å². The predicted octanol–water partition coefficient (Wildman–Crippen LogP) is 3.18. The second-order valence-electron chi connectivity index (χ2n) is 6.49. The normalized spacial score (nSPS) is 14.0. The Morgan fingerprint density at radius 1 is 0.667 bits per heavy atom. The molecule has 1 aromatic rings. The molecule has 0 aliphatic carbocycles. The van der Waals surface area contributed by atoms with Gasteiger partial charge < -0.3 is 9.90 Å². The Labute approximate surface area is 189 Å². The van der Waals surface area contributed by atoms with Crippen LogP contribution < -0.4 is 15.0 Å². The number of carboxylic acid groups (broad SMARTS) is 1. The van der Waals surface area contributed by atoms with Crippen LogP contribution in [0.25, 0.3) is 0 Å². The van der Waals surface area contributed by atoms with E-state index in [0.29, 0.717) is 0 Å². The van der Waals surface area contributed by atoms with Gasteiger partial charge in [0, 0.05) is 18.1 Å². The number of carboxylic acids is 1. The number of halogens is 15. The third kappa shape index (κ3) is 5.71. The number of hydrogen-bond acceptors (Lipinski definition) is 3. The fourth-order valence-electron chi connectivity index (χ4n) is 1.92. The van der Waals surface area contributed by atoms with Gasteiger partial charge in [-0.2, -0.15) is 70.4 Å². The quantitative estimate of drug-likeness (QED) is 0.390. The summed E-state index contributed by atoms with van der Waals surface area (Å²) in [5.41, 5.74) is 0. The van der Waals surface area contributed by atoms with E-state index in [0.717, 1.165) is 29.2 Å². The molecule has 0 radical (unpaired) electrons. The molecular weight excluding hydrogens is 553 g/mol. The average Bonchev–Trinajstić information content (AvgIpc) is 2.70. The number of carbonyl (C=O) groups excluding carboxylic acids is 2. The van der Waals surface area contributed by atoms with E-state index in [4.69, 9.17) is 9.90 Å². The first-order valence-electron chi connectivity index (χ1n) is 8.47. The number of nitrogens with zero attached hydrogens (tertiary/aromatic N) is 1. The molecular formula is C16H11F15N2O3. The van der Waals surface area contributed by atoms with E-state index in [-0.39, 0.29) is 0 Å². The largest absolute Gasteiger partial charge is 0.550 e. The fourth-order valence-corrected chi connectivity index (χ4v) is 1.92. The summed E-state index contributed by atoms with van der Waals surface area (Å²) in [6.45, 7) is -0.213. The molecule has 0 unspecified atom stereocenters. The van der Waals surface area contributed by atoms with Gasteiger partial charge in [0.1, 0.15) is 0 Å². The van der Waals surface area contributed by atoms with Crippen molar-refractivity contribution in [3.05, 3.63) is 30.6 Å². The van der Waals surface area contributed by atoms with Crippen molar-refractivity contribution in [2.45, 2.75) is 55.3 Å². The Bertz CT molecular complexity index is 913. The number of pyridine rings is 1. The first kappa shape index (κ1) is 33.0. The highest BCUT2D eigenvalue weighted by Gasteiger charge is 2.94. The number of rotatable bonds is 8. The first-order valence-corrected chi connectivity index (χ1v) is 8.47. The van der Waals surface area contributed by atoms with Crippen LogP contribution in [-0.2, 0) is 16.3 Å². The fraction of sp³-hybridized carbons (Fsp3) is 0.562. The molecule has 0 fully saturated rings. The molecule has 1 rings (SSSR count). The van der Waals surface area contributed by atoms with Gasteiger partial charge in [0.2, 0.25) is 6.67 Å². The molecule has 208 valence electrons. The Morgan fingerprint density at radius 3 is 1.36 bits per heavy atom. The zero-order valence-electron chi connectivity index (χ0n) is 16.9. The zero-order valence-corrected chi connectivity index (χ0v) is 16.9. The van der Waals surface area contributed by atoms with E-state index in [2.05, 4.69) is 0 Å². The van der Waals surface area contributed by atoms with Crippen LogP contribution >= 0.6 is 0 Å². The third-order valence-electron chi connectivity index (χ3n) is 3.81.